The Hall–Kier alpha value is -1.70. The number of ether oxygens (including phenoxy) is 1. The van der Waals surface area contributed by atoms with E-state index in [2.05, 4.69) is 39.2 Å². The van der Waals surface area contributed by atoms with Crippen LogP contribution in [0.4, 0.5) is 0 Å². The van der Waals surface area contributed by atoms with Crippen LogP contribution < -0.4 is 5.32 Å². The van der Waals surface area contributed by atoms with Crippen molar-refractivity contribution < 1.29 is 23.9 Å². The zero-order valence-electron chi connectivity index (χ0n) is 16.5. The van der Waals surface area contributed by atoms with Gasteiger partial charge in [-0.2, -0.15) is 0 Å². The molecular formula is C19H31NO5Si. The summed E-state index contributed by atoms with van der Waals surface area (Å²) < 4.78 is 11.3. The summed E-state index contributed by atoms with van der Waals surface area (Å²) >= 11 is 0. The van der Waals surface area contributed by atoms with Gasteiger partial charge in [-0.1, -0.05) is 51.1 Å². The Kier molecular flexibility index (Phi) is 7.99. The van der Waals surface area contributed by atoms with E-state index in [4.69, 9.17) is 9.16 Å². The molecule has 2 atom stereocenters. The molecule has 0 radical (unpaired) electrons. The molecule has 0 unspecified atom stereocenters. The van der Waals surface area contributed by atoms with Gasteiger partial charge in [0.15, 0.2) is 14.4 Å². The van der Waals surface area contributed by atoms with Crippen molar-refractivity contribution in [2.24, 2.45) is 0 Å². The topological polar surface area (TPSA) is 84.9 Å². The molecule has 0 aliphatic rings. The zero-order valence-corrected chi connectivity index (χ0v) is 17.5. The molecule has 0 spiro atoms. The molecule has 1 rings (SSSR count). The minimum Gasteiger partial charge on any atom is -0.480 e. The van der Waals surface area contributed by atoms with Gasteiger partial charge in [0.25, 0.3) is 5.91 Å². The first-order valence-corrected chi connectivity index (χ1v) is 11.7. The number of carboxylic acids is 1. The van der Waals surface area contributed by atoms with Crippen molar-refractivity contribution in [1.82, 2.24) is 5.32 Å². The predicted octanol–water partition coefficient (Wildman–Crippen LogP) is 3.36. The van der Waals surface area contributed by atoms with Crippen LogP contribution in [0.25, 0.3) is 0 Å². The van der Waals surface area contributed by atoms with E-state index in [1.165, 1.54) is 7.11 Å². The molecule has 0 saturated carbocycles. The lowest BCUT2D eigenvalue weighted by molar-refractivity contribution is -0.144. The fourth-order valence-electron chi connectivity index (χ4n) is 2.18. The maximum Gasteiger partial charge on any atom is 0.326 e. The summed E-state index contributed by atoms with van der Waals surface area (Å²) in [6.45, 7) is 10.9. The van der Waals surface area contributed by atoms with Gasteiger partial charge in [-0.05, 0) is 23.7 Å². The highest BCUT2D eigenvalue weighted by atomic mass is 28.4. The summed E-state index contributed by atoms with van der Waals surface area (Å²) in [5, 5.41) is 12.0. The van der Waals surface area contributed by atoms with E-state index < -0.39 is 32.3 Å². The van der Waals surface area contributed by atoms with Gasteiger partial charge < -0.3 is 19.6 Å². The number of carbonyl (C=O) groups is 2. The average Bonchev–Trinajstić information content (AvgIpc) is 2.54. The number of hydrogen-bond acceptors (Lipinski definition) is 4. The molecule has 1 aromatic carbocycles. The lowest BCUT2D eigenvalue weighted by Crippen LogP contribution is -2.46. The minimum absolute atomic E-state index is 0.0451. The van der Waals surface area contributed by atoms with Gasteiger partial charge in [-0.3, -0.25) is 4.79 Å². The van der Waals surface area contributed by atoms with E-state index in [1.807, 2.05) is 6.07 Å². The summed E-state index contributed by atoms with van der Waals surface area (Å²) in [6, 6.07) is 7.96. The molecule has 0 aliphatic heterocycles. The van der Waals surface area contributed by atoms with Crippen molar-refractivity contribution in [3.63, 3.8) is 0 Å². The van der Waals surface area contributed by atoms with Crippen LogP contribution in [0, 0.1) is 0 Å². The molecule has 0 saturated heterocycles. The molecular weight excluding hydrogens is 350 g/mol. The summed E-state index contributed by atoms with van der Waals surface area (Å²) in [5.74, 6) is -1.56. The number of amides is 1. The Morgan fingerprint density at radius 1 is 1.19 bits per heavy atom. The molecule has 0 aromatic heterocycles. The van der Waals surface area contributed by atoms with Gasteiger partial charge in [0.1, 0.15) is 6.04 Å². The summed E-state index contributed by atoms with van der Waals surface area (Å²) in [6.07, 6.45) is -0.641. The maximum atomic E-state index is 12.5. The minimum atomic E-state index is -1.96. The van der Waals surface area contributed by atoms with Crippen LogP contribution in [0.2, 0.25) is 18.1 Å². The third kappa shape index (κ3) is 6.23. The molecule has 1 aromatic rings. The number of carboxylic acid groups (broad SMARTS) is 1. The maximum absolute atomic E-state index is 12.5. The summed E-state index contributed by atoms with van der Waals surface area (Å²) in [7, 11) is -0.534. The summed E-state index contributed by atoms with van der Waals surface area (Å²) in [5.41, 5.74) is 0.675. The smallest absolute Gasteiger partial charge is 0.326 e. The normalized spacial score (nSPS) is 14.5. The molecule has 6 nitrogen and oxygen atoms in total. The SMILES string of the molecule is CO[C@H](C(=O)N[C@@H](CCO[Si](C)(C)C(C)(C)C)C(=O)O)c1ccccc1. The van der Waals surface area contributed by atoms with Crippen molar-refractivity contribution in [3.8, 4) is 0 Å². The van der Waals surface area contributed by atoms with Crippen LogP contribution in [0.5, 0.6) is 0 Å². The first-order chi connectivity index (χ1) is 12.0. The van der Waals surface area contributed by atoms with E-state index in [1.54, 1.807) is 24.3 Å². The first-order valence-electron chi connectivity index (χ1n) is 8.74. The van der Waals surface area contributed by atoms with E-state index in [9.17, 15) is 14.7 Å². The fraction of sp³-hybridized carbons (Fsp3) is 0.579. The molecule has 2 N–H and O–H groups in total. The van der Waals surface area contributed by atoms with Gasteiger partial charge in [0.2, 0.25) is 0 Å². The second kappa shape index (κ2) is 9.30. The predicted molar refractivity (Wildman–Crippen MR) is 104 cm³/mol. The van der Waals surface area contributed by atoms with Crippen molar-refractivity contribution in [3.05, 3.63) is 35.9 Å². The fourth-order valence-corrected chi connectivity index (χ4v) is 3.24. The quantitative estimate of drug-likeness (QED) is 0.641. The monoisotopic (exact) mass is 381 g/mol. The van der Waals surface area contributed by atoms with E-state index in [-0.39, 0.29) is 18.1 Å². The van der Waals surface area contributed by atoms with Crippen molar-refractivity contribution in [2.75, 3.05) is 13.7 Å². The Morgan fingerprint density at radius 2 is 1.77 bits per heavy atom. The second-order valence-corrected chi connectivity index (χ2v) is 12.6. The average molecular weight is 382 g/mol. The van der Waals surface area contributed by atoms with Gasteiger partial charge in [0, 0.05) is 20.1 Å². The Bertz CT molecular complexity index is 598. The van der Waals surface area contributed by atoms with E-state index in [0.717, 1.165) is 0 Å². The molecule has 26 heavy (non-hydrogen) atoms. The number of methoxy groups -OCH3 is 1. The Morgan fingerprint density at radius 3 is 2.23 bits per heavy atom. The number of nitrogens with one attached hydrogen (secondary N) is 1. The number of rotatable bonds is 9. The van der Waals surface area contributed by atoms with Gasteiger partial charge in [0.05, 0.1) is 0 Å². The largest absolute Gasteiger partial charge is 0.480 e. The highest BCUT2D eigenvalue weighted by Crippen LogP contribution is 2.36. The molecule has 0 fully saturated rings. The Labute approximate surface area is 157 Å². The number of hydrogen-bond donors (Lipinski definition) is 2. The lowest BCUT2D eigenvalue weighted by Gasteiger charge is -2.36. The third-order valence-corrected chi connectivity index (χ3v) is 9.40. The first kappa shape index (κ1) is 22.3. The van der Waals surface area contributed by atoms with Crippen LogP contribution in [0.15, 0.2) is 30.3 Å². The lowest BCUT2D eigenvalue weighted by atomic mass is 10.1. The van der Waals surface area contributed by atoms with E-state index in [0.29, 0.717) is 5.56 Å². The molecule has 0 aliphatic carbocycles. The van der Waals surface area contributed by atoms with Crippen LogP contribution in [-0.4, -0.2) is 45.1 Å². The number of carbonyl (C=O) groups excluding carboxylic acids is 1. The summed E-state index contributed by atoms with van der Waals surface area (Å²) in [4.78, 5) is 24.0. The highest BCUT2D eigenvalue weighted by Gasteiger charge is 2.37. The van der Waals surface area contributed by atoms with Gasteiger partial charge in [-0.15, -0.1) is 0 Å². The van der Waals surface area contributed by atoms with Crippen molar-refractivity contribution in [2.45, 2.75) is 57.5 Å². The van der Waals surface area contributed by atoms with Crippen molar-refractivity contribution >= 4 is 20.2 Å². The van der Waals surface area contributed by atoms with E-state index >= 15 is 0 Å². The van der Waals surface area contributed by atoms with Gasteiger partial charge >= 0.3 is 5.97 Å². The van der Waals surface area contributed by atoms with Crippen LogP contribution in [0.3, 0.4) is 0 Å². The van der Waals surface area contributed by atoms with Crippen molar-refractivity contribution in [1.29, 1.82) is 0 Å². The second-order valence-electron chi connectivity index (χ2n) is 7.82. The zero-order chi connectivity index (χ0) is 20.0. The van der Waals surface area contributed by atoms with Crippen LogP contribution in [-0.2, 0) is 18.8 Å². The highest BCUT2D eigenvalue weighted by molar-refractivity contribution is 6.74. The van der Waals surface area contributed by atoms with Crippen LogP contribution >= 0.6 is 0 Å². The standard InChI is InChI=1S/C19H31NO5Si/c1-19(2,3)26(5,6)25-13-12-15(18(22)23)20-17(21)16(24-4)14-10-8-7-9-11-14/h7-11,15-16H,12-13H2,1-6H3,(H,20,21)(H,22,23)/t15-,16-/m0/s1. The molecule has 1 amide bonds. The molecule has 7 heteroatoms. The molecule has 0 heterocycles. The Balaban J connectivity index is 2.70. The van der Waals surface area contributed by atoms with Crippen LogP contribution in [0.1, 0.15) is 38.9 Å². The third-order valence-electron chi connectivity index (χ3n) is 4.87. The molecule has 0 bridgehead atoms. The van der Waals surface area contributed by atoms with Gasteiger partial charge in [-0.25, -0.2) is 4.79 Å². The molecule has 146 valence electrons. The number of benzene rings is 1. The number of aliphatic carboxylic acids is 1.